The van der Waals surface area contributed by atoms with Crippen molar-refractivity contribution in [2.24, 2.45) is 0 Å². The molecule has 0 aromatic rings. The maximum Gasteiger partial charge on any atom is 0.328 e. The zero-order valence-corrected chi connectivity index (χ0v) is 10.8. The van der Waals surface area contributed by atoms with Gasteiger partial charge in [-0.1, -0.05) is 51.9 Å². The second-order valence-corrected chi connectivity index (χ2v) is 4.36. The fourth-order valence-electron chi connectivity index (χ4n) is 1.68. The van der Waals surface area contributed by atoms with Crippen LogP contribution in [0.15, 0.2) is 12.2 Å². The Balaban J connectivity index is 3.28. The highest BCUT2D eigenvalue weighted by Gasteiger charge is 1.98. The lowest BCUT2D eigenvalue weighted by molar-refractivity contribution is -0.131. The predicted molar refractivity (Wildman–Crippen MR) is 69.0 cm³/mol. The number of hydrogen-bond donors (Lipinski definition) is 1. The molecule has 0 aliphatic heterocycles. The molecule has 0 amide bonds. The summed E-state index contributed by atoms with van der Waals surface area (Å²) in [5, 5.41) is 8.34. The van der Waals surface area contributed by atoms with E-state index in [-0.39, 0.29) is 5.78 Å². The number of carboxylic acid groups (broad SMARTS) is 1. The fourth-order valence-corrected chi connectivity index (χ4v) is 1.68. The summed E-state index contributed by atoms with van der Waals surface area (Å²) in [6.45, 7) is 2.20. The van der Waals surface area contributed by atoms with Gasteiger partial charge in [0.05, 0.1) is 0 Å². The van der Waals surface area contributed by atoms with E-state index in [1.165, 1.54) is 38.5 Å². The topological polar surface area (TPSA) is 54.4 Å². The zero-order valence-electron chi connectivity index (χ0n) is 10.8. The highest BCUT2D eigenvalue weighted by Crippen LogP contribution is 2.09. The molecular formula is C14H24O3. The first-order valence-corrected chi connectivity index (χ1v) is 6.60. The third kappa shape index (κ3) is 12.8. The molecule has 0 atom stereocenters. The van der Waals surface area contributed by atoms with Gasteiger partial charge in [-0.15, -0.1) is 0 Å². The van der Waals surface area contributed by atoms with Crippen LogP contribution in [-0.4, -0.2) is 16.9 Å². The minimum atomic E-state index is -1.06. The van der Waals surface area contributed by atoms with Gasteiger partial charge in [0.2, 0.25) is 0 Å². The average molecular weight is 240 g/mol. The van der Waals surface area contributed by atoms with E-state index in [1.54, 1.807) is 0 Å². The lowest BCUT2D eigenvalue weighted by Gasteiger charge is -2.00. The van der Waals surface area contributed by atoms with E-state index < -0.39 is 5.97 Å². The summed E-state index contributed by atoms with van der Waals surface area (Å²) < 4.78 is 0. The summed E-state index contributed by atoms with van der Waals surface area (Å²) >= 11 is 0. The Bertz CT molecular complexity index is 244. The van der Waals surface area contributed by atoms with Gasteiger partial charge in [-0.05, 0) is 12.5 Å². The number of ketones is 1. The van der Waals surface area contributed by atoms with Crippen LogP contribution in [0.4, 0.5) is 0 Å². The van der Waals surface area contributed by atoms with Crippen molar-refractivity contribution in [3.8, 4) is 0 Å². The first-order valence-electron chi connectivity index (χ1n) is 6.60. The predicted octanol–water partition coefficient (Wildman–Crippen LogP) is 3.73. The van der Waals surface area contributed by atoms with Gasteiger partial charge in [0, 0.05) is 12.5 Å². The van der Waals surface area contributed by atoms with E-state index in [4.69, 9.17) is 5.11 Å². The van der Waals surface area contributed by atoms with Gasteiger partial charge in [-0.2, -0.15) is 0 Å². The van der Waals surface area contributed by atoms with Crippen LogP contribution in [0.25, 0.3) is 0 Å². The number of carbonyl (C=O) groups is 2. The third-order valence-corrected chi connectivity index (χ3v) is 2.69. The maximum atomic E-state index is 11.2. The van der Waals surface area contributed by atoms with Crippen molar-refractivity contribution in [2.75, 3.05) is 0 Å². The van der Waals surface area contributed by atoms with E-state index in [1.807, 2.05) is 0 Å². The molecule has 0 rings (SSSR count). The molecule has 0 bridgehead atoms. The van der Waals surface area contributed by atoms with Crippen molar-refractivity contribution in [2.45, 2.75) is 64.7 Å². The van der Waals surface area contributed by atoms with Crippen molar-refractivity contribution < 1.29 is 14.7 Å². The summed E-state index contributed by atoms with van der Waals surface area (Å²) in [6.07, 6.45) is 12.1. The molecule has 0 saturated carbocycles. The Morgan fingerprint density at radius 1 is 0.882 bits per heavy atom. The molecule has 0 aromatic carbocycles. The summed E-state index contributed by atoms with van der Waals surface area (Å²) in [4.78, 5) is 21.3. The molecular weight excluding hydrogens is 216 g/mol. The molecule has 0 aliphatic rings. The van der Waals surface area contributed by atoms with E-state index in [9.17, 15) is 9.59 Å². The molecule has 0 fully saturated rings. The van der Waals surface area contributed by atoms with Crippen molar-refractivity contribution >= 4 is 11.8 Å². The normalized spacial score (nSPS) is 10.9. The van der Waals surface area contributed by atoms with Crippen LogP contribution in [0.2, 0.25) is 0 Å². The Morgan fingerprint density at radius 3 is 1.94 bits per heavy atom. The molecule has 0 heterocycles. The smallest absolute Gasteiger partial charge is 0.328 e. The monoisotopic (exact) mass is 240 g/mol. The Morgan fingerprint density at radius 2 is 1.41 bits per heavy atom. The minimum Gasteiger partial charge on any atom is -0.478 e. The first-order chi connectivity index (χ1) is 8.16. The van der Waals surface area contributed by atoms with E-state index in [0.717, 1.165) is 25.0 Å². The summed E-state index contributed by atoms with van der Waals surface area (Å²) in [7, 11) is 0. The van der Waals surface area contributed by atoms with Crippen molar-refractivity contribution in [1.82, 2.24) is 0 Å². The summed E-state index contributed by atoms with van der Waals surface area (Å²) in [5.74, 6) is -1.15. The Kier molecular flexibility index (Phi) is 10.6. The number of unbranched alkanes of at least 4 members (excludes halogenated alkanes) is 7. The van der Waals surface area contributed by atoms with Gasteiger partial charge >= 0.3 is 5.97 Å². The molecule has 3 heteroatoms. The average Bonchev–Trinajstić information content (AvgIpc) is 2.30. The van der Waals surface area contributed by atoms with Gasteiger partial charge in [0.25, 0.3) is 0 Å². The van der Waals surface area contributed by atoms with Crippen LogP contribution < -0.4 is 0 Å². The van der Waals surface area contributed by atoms with E-state index >= 15 is 0 Å². The van der Waals surface area contributed by atoms with Crippen LogP contribution >= 0.6 is 0 Å². The van der Waals surface area contributed by atoms with Gasteiger partial charge in [-0.3, -0.25) is 4.79 Å². The number of allylic oxidation sites excluding steroid dienone is 1. The largest absolute Gasteiger partial charge is 0.478 e. The highest BCUT2D eigenvalue weighted by molar-refractivity contribution is 5.95. The Hall–Kier alpha value is -1.12. The van der Waals surface area contributed by atoms with Gasteiger partial charge in [-0.25, -0.2) is 4.79 Å². The molecule has 0 aliphatic carbocycles. The number of rotatable bonds is 11. The Labute approximate surface area is 104 Å². The molecule has 0 radical (unpaired) electrons. The van der Waals surface area contributed by atoms with Gasteiger partial charge in [0.15, 0.2) is 5.78 Å². The molecule has 3 nitrogen and oxygen atoms in total. The van der Waals surface area contributed by atoms with Crippen molar-refractivity contribution in [1.29, 1.82) is 0 Å². The second kappa shape index (κ2) is 11.4. The molecule has 17 heavy (non-hydrogen) atoms. The number of hydrogen-bond acceptors (Lipinski definition) is 2. The van der Waals surface area contributed by atoms with Crippen LogP contribution in [0.1, 0.15) is 64.7 Å². The van der Waals surface area contributed by atoms with Gasteiger partial charge < -0.3 is 5.11 Å². The fraction of sp³-hybridized carbons (Fsp3) is 0.714. The molecule has 1 N–H and O–H groups in total. The lowest BCUT2D eigenvalue weighted by atomic mass is 10.1. The molecule has 0 aromatic heterocycles. The molecule has 0 saturated heterocycles. The maximum absolute atomic E-state index is 11.2. The van der Waals surface area contributed by atoms with Gasteiger partial charge in [0.1, 0.15) is 0 Å². The quantitative estimate of drug-likeness (QED) is 0.442. The number of carboxylic acids is 1. The van der Waals surface area contributed by atoms with Crippen LogP contribution in [0, 0.1) is 0 Å². The second-order valence-electron chi connectivity index (χ2n) is 4.36. The number of aliphatic carboxylic acids is 1. The zero-order chi connectivity index (χ0) is 12.9. The molecule has 98 valence electrons. The van der Waals surface area contributed by atoms with Crippen LogP contribution in [0.5, 0.6) is 0 Å². The minimum absolute atomic E-state index is 0.0848. The van der Waals surface area contributed by atoms with Crippen molar-refractivity contribution in [3.05, 3.63) is 12.2 Å². The van der Waals surface area contributed by atoms with Crippen molar-refractivity contribution in [3.63, 3.8) is 0 Å². The highest BCUT2D eigenvalue weighted by atomic mass is 16.4. The number of carbonyl (C=O) groups excluding carboxylic acids is 1. The molecule has 0 unspecified atom stereocenters. The lowest BCUT2D eigenvalue weighted by Crippen LogP contribution is -1.95. The summed E-state index contributed by atoms with van der Waals surface area (Å²) in [5.41, 5.74) is 0. The van der Waals surface area contributed by atoms with Crippen LogP contribution in [-0.2, 0) is 9.59 Å². The third-order valence-electron chi connectivity index (χ3n) is 2.69. The standard InChI is InChI=1S/C14H24O3/c1-2-3-4-5-6-7-8-9-10-13(15)11-12-14(16)17/h11-12H,2-10H2,1H3,(H,16,17). The van der Waals surface area contributed by atoms with E-state index in [0.29, 0.717) is 6.42 Å². The van der Waals surface area contributed by atoms with Crippen LogP contribution in [0.3, 0.4) is 0 Å². The molecule has 0 spiro atoms. The van der Waals surface area contributed by atoms with E-state index in [2.05, 4.69) is 6.92 Å². The SMILES string of the molecule is CCCCCCCCCCC(=O)C=CC(=O)O. The first kappa shape index (κ1) is 15.9. The summed E-state index contributed by atoms with van der Waals surface area (Å²) in [6, 6.07) is 0.